The molecule has 0 heterocycles. The minimum absolute atomic E-state index is 0.0849. The zero-order valence-electron chi connectivity index (χ0n) is 20.5. The molecule has 0 aliphatic heterocycles. The van der Waals surface area contributed by atoms with E-state index in [-0.39, 0.29) is 28.3 Å². The molecule has 0 amide bonds. The molecule has 0 bridgehead atoms. The van der Waals surface area contributed by atoms with E-state index in [4.69, 9.17) is 4.74 Å². The fourth-order valence-corrected chi connectivity index (χ4v) is 7.72. The summed E-state index contributed by atoms with van der Waals surface area (Å²) in [6, 6.07) is 0. The highest BCUT2D eigenvalue weighted by Gasteiger charge is 2.60. The third-order valence-electron chi connectivity index (χ3n) is 9.72. The van der Waals surface area contributed by atoms with Crippen LogP contribution in [0.4, 0.5) is 0 Å². The first kappa shape index (κ1) is 24.3. The van der Waals surface area contributed by atoms with Crippen LogP contribution in [0.1, 0.15) is 66.7 Å². The lowest BCUT2D eigenvalue weighted by molar-refractivity contribution is -0.223. The Labute approximate surface area is 196 Å². The Kier molecular flexibility index (Phi) is 6.02. The normalized spacial score (nSPS) is 40.1. The number of Topliss-reactive ketones (excluding diaryl/α,β-unsaturated/α-hetero) is 1. The first-order valence-corrected chi connectivity index (χ1v) is 12.4. The number of ether oxygens (including phenoxy) is 1. The van der Waals surface area contributed by atoms with Gasteiger partial charge in [-0.05, 0) is 73.3 Å². The molecule has 0 aromatic rings. The molecule has 0 saturated heterocycles. The molecule has 0 unspecified atom stereocenters. The average molecular weight is 459 g/mol. The van der Waals surface area contributed by atoms with Gasteiger partial charge in [0.05, 0.1) is 0 Å². The molecule has 4 aliphatic rings. The monoisotopic (exact) mass is 458 g/mol. The Bertz CT molecular complexity index is 914. The van der Waals surface area contributed by atoms with E-state index < -0.39 is 24.3 Å². The minimum atomic E-state index is -2.59. The Morgan fingerprint density at radius 2 is 1.88 bits per heavy atom. The van der Waals surface area contributed by atoms with Crippen molar-refractivity contribution in [2.45, 2.75) is 72.5 Å². The zero-order valence-corrected chi connectivity index (χ0v) is 20.5. The molecule has 0 aromatic heterocycles. The molecule has 4 rings (SSSR count). The van der Waals surface area contributed by atoms with Crippen LogP contribution >= 0.6 is 0 Å². The standard InChI is InChI=1S/C27H38O6/c1-15(2)27(31,32)24(30)33-14-23(29)21-7-6-19-18-12-16(3)22-13-17(28)8-10-26(22,5)20(18)9-11-25(19,21)4/h8,10,13,15-16,18-21,31-32H,6-7,9,11-12,14H2,1-5H3/t16-,18-,19-,20-,21+,25-,26+/m0/s1. The molecule has 33 heavy (non-hydrogen) atoms. The van der Waals surface area contributed by atoms with Gasteiger partial charge in [-0.2, -0.15) is 0 Å². The largest absolute Gasteiger partial charge is 0.454 e. The van der Waals surface area contributed by atoms with E-state index in [1.807, 2.05) is 6.08 Å². The van der Waals surface area contributed by atoms with E-state index in [0.29, 0.717) is 23.7 Å². The SMILES string of the molecule is CC(C)C(O)(O)C(=O)OCC(=O)[C@H]1CC[C@H]2[C@@H]3C[C@H](C)C4=CC(=O)C=C[C@]4(C)[C@H]3CC[C@]12C. The molecule has 2 N–H and O–H groups in total. The first-order valence-electron chi connectivity index (χ1n) is 12.4. The van der Waals surface area contributed by atoms with Gasteiger partial charge in [-0.1, -0.05) is 46.3 Å². The number of aliphatic hydroxyl groups is 2. The lowest BCUT2D eigenvalue weighted by Gasteiger charge is -2.58. The van der Waals surface area contributed by atoms with Gasteiger partial charge in [0.15, 0.2) is 11.6 Å². The fourth-order valence-electron chi connectivity index (χ4n) is 7.72. The summed E-state index contributed by atoms with van der Waals surface area (Å²) in [7, 11) is 0. The van der Waals surface area contributed by atoms with Gasteiger partial charge in [0.1, 0.15) is 6.61 Å². The van der Waals surface area contributed by atoms with Crippen LogP contribution in [0, 0.1) is 46.3 Å². The van der Waals surface area contributed by atoms with Crippen LogP contribution in [0.2, 0.25) is 0 Å². The number of rotatable bonds is 5. The lowest BCUT2D eigenvalue weighted by atomic mass is 9.46. The summed E-state index contributed by atoms with van der Waals surface area (Å²) in [6.45, 7) is 9.32. The van der Waals surface area contributed by atoms with Crippen LogP contribution in [0.5, 0.6) is 0 Å². The highest BCUT2D eigenvalue weighted by atomic mass is 16.6. The number of allylic oxidation sites excluding steroid dienone is 4. The molecule has 182 valence electrons. The number of esters is 1. The van der Waals surface area contributed by atoms with E-state index in [0.717, 1.165) is 32.1 Å². The molecule has 6 heteroatoms. The Hall–Kier alpha value is -1.79. The smallest absolute Gasteiger partial charge is 0.367 e. The summed E-state index contributed by atoms with van der Waals surface area (Å²) < 4.78 is 5.05. The number of carbonyl (C=O) groups is 3. The number of hydrogen-bond acceptors (Lipinski definition) is 6. The van der Waals surface area contributed by atoms with Gasteiger partial charge in [0.25, 0.3) is 5.79 Å². The van der Waals surface area contributed by atoms with Gasteiger partial charge in [0, 0.05) is 17.3 Å². The Balaban J connectivity index is 1.50. The second-order valence-corrected chi connectivity index (χ2v) is 11.7. The van der Waals surface area contributed by atoms with Gasteiger partial charge in [-0.15, -0.1) is 0 Å². The molecule has 6 nitrogen and oxygen atoms in total. The highest BCUT2D eigenvalue weighted by Crippen LogP contribution is 2.66. The maximum Gasteiger partial charge on any atom is 0.367 e. The number of fused-ring (bicyclic) bond motifs is 5. The molecule has 0 radical (unpaired) electrons. The van der Waals surface area contributed by atoms with Crippen LogP contribution in [0.3, 0.4) is 0 Å². The van der Waals surface area contributed by atoms with Crippen LogP contribution < -0.4 is 0 Å². The van der Waals surface area contributed by atoms with Crippen molar-refractivity contribution >= 4 is 17.5 Å². The summed E-state index contributed by atoms with van der Waals surface area (Å²) >= 11 is 0. The van der Waals surface area contributed by atoms with Gasteiger partial charge < -0.3 is 14.9 Å². The number of carbonyl (C=O) groups excluding carboxylic acids is 3. The van der Waals surface area contributed by atoms with Crippen LogP contribution in [0.25, 0.3) is 0 Å². The molecule has 4 aliphatic carbocycles. The summed E-state index contributed by atoms with van der Waals surface area (Å²) in [6.07, 6.45) is 10.4. The average Bonchev–Trinajstić information content (AvgIpc) is 3.10. The van der Waals surface area contributed by atoms with Crippen LogP contribution in [-0.2, 0) is 19.1 Å². The van der Waals surface area contributed by atoms with Crippen molar-refractivity contribution in [2.24, 2.45) is 46.3 Å². The number of hydrogen-bond donors (Lipinski definition) is 2. The fraction of sp³-hybridized carbons (Fsp3) is 0.741. The van der Waals surface area contributed by atoms with Gasteiger partial charge in [0.2, 0.25) is 0 Å². The Morgan fingerprint density at radius 1 is 1.18 bits per heavy atom. The quantitative estimate of drug-likeness (QED) is 0.482. The molecular weight excluding hydrogens is 420 g/mol. The third-order valence-corrected chi connectivity index (χ3v) is 9.72. The van der Waals surface area contributed by atoms with Crippen molar-refractivity contribution in [3.05, 3.63) is 23.8 Å². The summed E-state index contributed by atoms with van der Waals surface area (Å²) in [5.41, 5.74) is 1.01. The lowest BCUT2D eigenvalue weighted by Crippen LogP contribution is -2.52. The highest BCUT2D eigenvalue weighted by molar-refractivity contribution is 6.01. The third kappa shape index (κ3) is 3.74. The molecule has 3 saturated carbocycles. The number of ketones is 2. The predicted molar refractivity (Wildman–Crippen MR) is 123 cm³/mol. The van der Waals surface area contributed by atoms with E-state index in [1.54, 1.807) is 6.08 Å². The Morgan fingerprint density at radius 3 is 2.55 bits per heavy atom. The summed E-state index contributed by atoms with van der Waals surface area (Å²) in [4.78, 5) is 37.3. The van der Waals surface area contributed by atoms with Crippen LogP contribution in [-0.4, -0.2) is 40.1 Å². The first-order chi connectivity index (χ1) is 15.3. The van der Waals surface area contributed by atoms with E-state index in [2.05, 4.69) is 26.8 Å². The van der Waals surface area contributed by atoms with Gasteiger partial charge in [-0.3, -0.25) is 9.59 Å². The van der Waals surface area contributed by atoms with Crippen molar-refractivity contribution in [3.63, 3.8) is 0 Å². The van der Waals surface area contributed by atoms with E-state index in [9.17, 15) is 24.6 Å². The second-order valence-electron chi connectivity index (χ2n) is 11.7. The minimum Gasteiger partial charge on any atom is -0.454 e. The van der Waals surface area contributed by atoms with Crippen molar-refractivity contribution in [1.82, 2.24) is 0 Å². The molecular formula is C27H38O6. The maximum absolute atomic E-state index is 13.2. The second kappa shape index (κ2) is 8.16. The maximum atomic E-state index is 13.2. The van der Waals surface area contributed by atoms with E-state index >= 15 is 0 Å². The van der Waals surface area contributed by atoms with Gasteiger partial charge >= 0.3 is 5.97 Å². The zero-order chi connectivity index (χ0) is 24.3. The summed E-state index contributed by atoms with van der Waals surface area (Å²) in [5, 5.41) is 19.8. The predicted octanol–water partition coefficient (Wildman–Crippen LogP) is 3.61. The van der Waals surface area contributed by atoms with Crippen molar-refractivity contribution in [1.29, 1.82) is 0 Å². The summed E-state index contributed by atoms with van der Waals surface area (Å²) in [5.74, 6) is -3.01. The molecule has 0 spiro atoms. The molecule has 3 fully saturated rings. The molecule has 0 aromatic carbocycles. The van der Waals surface area contributed by atoms with Crippen molar-refractivity contribution in [3.8, 4) is 0 Å². The van der Waals surface area contributed by atoms with E-state index in [1.165, 1.54) is 19.4 Å². The van der Waals surface area contributed by atoms with Crippen molar-refractivity contribution in [2.75, 3.05) is 6.61 Å². The topological polar surface area (TPSA) is 101 Å². The van der Waals surface area contributed by atoms with Crippen LogP contribution in [0.15, 0.2) is 23.8 Å². The van der Waals surface area contributed by atoms with Gasteiger partial charge in [-0.25, -0.2) is 4.79 Å². The van der Waals surface area contributed by atoms with Crippen molar-refractivity contribution < 1.29 is 29.3 Å². The molecule has 7 atom stereocenters.